The van der Waals surface area contributed by atoms with Gasteiger partial charge in [-0.15, -0.1) is 0 Å². The number of carbonyl (C=O) groups is 1. The zero-order valence-corrected chi connectivity index (χ0v) is 11.9. The smallest absolute Gasteiger partial charge is 0.224 e. The van der Waals surface area contributed by atoms with Gasteiger partial charge in [-0.3, -0.25) is 4.79 Å². The fourth-order valence-corrected chi connectivity index (χ4v) is 1.92. The lowest BCUT2D eigenvalue weighted by Gasteiger charge is -2.08. The van der Waals surface area contributed by atoms with Crippen LogP contribution >= 0.6 is 0 Å². The number of benzene rings is 2. The monoisotopic (exact) mass is 279 g/mol. The first kappa shape index (κ1) is 14.6. The molecule has 0 saturated heterocycles. The molecule has 1 amide bonds. The van der Waals surface area contributed by atoms with Crippen molar-refractivity contribution in [2.45, 2.75) is 19.8 Å². The third-order valence-corrected chi connectivity index (χ3v) is 2.93. The first-order chi connectivity index (χ1) is 10.2. The van der Waals surface area contributed by atoms with Gasteiger partial charge in [0.2, 0.25) is 5.91 Å². The number of hydrogen-bond acceptors (Lipinski definition) is 3. The molecule has 2 rings (SSSR count). The minimum Gasteiger partial charge on any atom is -0.355 e. The fourth-order valence-electron chi connectivity index (χ4n) is 1.92. The maximum atomic E-state index is 11.5. The van der Waals surface area contributed by atoms with E-state index in [4.69, 9.17) is 5.26 Å². The van der Waals surface area contributed by atoms with Crippen molar-refractivity contribution in [2.75, 3.05) is 10.6 Å². The number of nitrogens with one attached hydrogen (secondary N) is 2. The van der Waals surface area contributed by atoms with Gasteiger partial charge in [-0.25, -0.2) is 0 Å². The average Bonchev–Trinajstić information content (AvgIpc) is 2.50. The number of carbonyl (C=O) groups excluding carboxylic acids is 1. The van der Waals surface area contributed by atoms with E-state index >= 15 is 0 Å². The maximum Gasteiger partial charge on any atom is 0.224 e. The van der Waals surface area contributed by atoms with Gasteiger partial charge in [0.15, 0.2) is 0 Å². The minimum atomic E-state index is 0.0277. The van der Waals surface area contributed by atoms with Crippen LogP contribution < -0.4 is 10.6 Å². The predicted molar refractivity (Wildman–Crippen MR) is 84.4 cm³/mol. The Balaban J connectivity index is 2.02. The molecule has 0 unspecified atom stereocenters. The SMILES string of the molecule is CCCC(=O)Nc1ccc(Nc2cccc(C#N)c2)cc1. The van der Waals surface area contributed by atoms with Crippen LogP contribution in [0.5, 0.6) is 0 Å². The Morgan fingerprint density at radius 1 is 1.10 bits per heavy atom. The summed E-state index contributed by atoms with van der Waals surface area (Å²) >= 11 is 0. The summed E-state index contributed by atoms with van der Waals surface area (Å²) in [7, 11) is 0. The fraction of sp³-hybridized carbons (Fsp3) is 0.176. The topological polar surface area (TPSA) is 64.9 Å². The van der Waals surface area contributed by atoms with Crippen molar-refractivity contribution in [2.24, 2.45) is 0 Å². The second-order valence-electron chi connectivity index (χ2n) is 4.69. The zero-order valence-electron chi connectivity index (χ0n) is 11.9. The quantitative estimate of drug-likeness (QED) is 0.868. The molecule has 2 N–H and O–H groups in total. The Morgan fingerprint density at radius 3 is 2.48 bits per heavy atom. The molecule has 21 heavy (non-hydrogen) atoms. The Labute approximate surface area is 124 Å². The van der Waals surface area contributed by atoms with Crippen molar-refractivity contribution in [3.05, 3.63) is 54.1 Å². The van der Waals surface area contributed by atoms with E-state index in [2.05, 4.69) is 16.7 Å². The summed E-state index contributed by atoms with van der Waals surface area (Å²) < 4.78 is 0. The second kappa shape index (κ2) is 7.11. The van der Waals surface area contributed by atoms with Gasteiger partial charge in [-0.05, 0) is 48.9 Å². The maximum absolute atomic E-state index is 11.5. The summed E-state index contributed by atoms with van der Waals surface area (Å²) in [5.74, 6) is 0.0277. The highest BCUT2D eigenvalue weighted by Gasteiger charge is 2.01. The van der Waals surface area contributed by atoms with Gasteiger partial charge < -0.3 is 10.6 Å². The van der Waals surface area contributed by atoms with E-state index in [-0.39, 0.29) is 5.91 Å². The highest BCUT2D eigenvalue weighted by Crippen LogP contribution is 2.19. The van der Waals surface area contributed by atoms with E-state index in [0.29, 0.717) is 12.0 Å². The Bertz CT molecular complexity index is 656. The molecule has 4 nitrogen and oxygen atoms in total. The van der Waals surface area contributed by atoms with Crippen molar-refractivity contribution in [3.63, 3.8) is 0 Å². The molecule has 0 spiro atoms. The van der Waals surface area contributed by atoms with Gasteiger partial charge in [0, 0.05) is 23.5 Å². The first-order valence-electron chi connectivity index (χ1n) is 6.88. The zero-order chi connectivity index (χ0) is 15.1. The van der Waals surface area contributed by atoms with Gasteiger partial charge in [0.05, 0.1) is 11.6 Å². The number of anilines is 3. The van der Waals surface area contributed by atoms with Gasteiger partial charge in [0.1, 0.15) is 0 Å². The van der Waals surface area contributed by atoms with Crippen LogP contribution in [0.1, 0.15) is 25.3 Å². The molecule has 0 aliphatic carbocycles. The molecule has 0 fully saturated rings. The molecule has 0 aromatic heterocycles. The number of amides is 1. The lowest BCUT2D eigenvalue weighted by Crippen LogP contribution is -2.10. The lowest BCUT2D eigenvalue weighted by atomic mass is 10.2. The van der Waals surface area contributed by atoms with E-state index in [1.54, 1.807) is 12.1 Å². The molecule has 0 radical (unpaired) electrons. The normalized spacial score (nSPS) is 9.71. The number of nitrogens with zero attached hydrogens (tertiary/aromatic N) is 1. The molecule has 2 aromatic carbocycles. The van der Waals surface area contributed by atoms with E-state index in [9.17, 15) is 4.79 Å². The van der Waals surface area contributed by atoms with Gasteiger partial charge >= 0.3 is 0 Å². The predicted octanol–water partition coefficient (Wildman–Crippen LogP) is 4.04. The number of hydrogen-bond donors (Lipinski definition) is 2. The summed E-state index contributed by atoms with van der Waals surface area (Å²) in [6.45, 7) is 1.97. The standard InChI is InChI=1S/C17H17N3O/c1-2-4-17(21)20-15-9-7-14(8-10-15)19-16-6-3-5-13(11-16)12-18/h3,5-11,19H,2,4H2,1H3,(H,20,21). The van der Waals surface area contributed by atoms with Crippen molar-refractivity contribution >= 4 is 23.0 Å². The summed E-state index contributed by atoms with van der Waals surface area (Å²) in [4.78, 5) is 11.5. The lowest BCUT2D eigenvalue weighted by molar-refractivity contribution is -0.116. The van der Waals surface area contributed by atoms with Crippen LogP contribution in [-0.4, -0.2) is 5.91 Å². The first-order valence-corrected chi connectivity index (χ1v) is 6.88. The summed E-state index contributed by atoms with van der Waals surface area (Å²) in [6.07, 6.45) is 1.36. The van der Waals surface area contributed by atoms with Crippen LogP contribution in [0.15, 0.2) is 48.5 Å². The Morgan fingerprint density at radius 2 is 1.81 bits per heavy atom. The third kappa shape index (κ3) is 4.36. The molecule has 4 heteroatoms. The molecule has 0 saturated carbocycles. The number of nitriles is 1. The van der Waals surface area contributed by atoms with Crippen molar-refractivity contribution in [1.82, 2.24) is 0 Å². The van der Waals surface area contributed by atoms with Crippen LogP contribution in [0.4, 0.5) is 17.1 Å². The van der Waals surface area contributed by atoms with Crippen LogP contribution in [0, 0.1) is 11.3 Å². The molecule has 2 aromatic rings. The second-order valence-corrected chi connectivity index (χ2v) is 4.69. The summed E-state index contributed by atoms with van der Waals surface area (Å²) in [5, 5.41) is 14.9. The van der Waals surface area contributed by atoms with E-state index in [0.717, 1.165) is 23.5 Å². The molecule has 0 atom stereocenters. The molecule has 0 aliphatic heterocycles. The molecule has 0 aliphatic rings. The van der Waals surface area contributed by atoms with Gasteiger partial charge in [0.25, 0.3) is 0 Å². The van der Waals surface area contributed by atoms with Gasteiger partial charge in [-0.1, -0.05) is 13.0 Å². The molecular formula is C17H17N3O. The molecule has 106 valence electrons. The van der Waals surface area contributed by atoms with Crippen molar-refractivity contribution in [1.29, 1.82) is 5.26 Å². The Kier molecular flexibility index (Phi) is 4.94. The molecular weight excluding hydrogens is 262 g/mol. The molecule has 0 heterocycles. The third-order valence-electron chi connectivity index (χ3n) is 2.93. The van der Waals surface area contributed by atoms with Crippen LogP contribution in [0.25, 0.3) is 0 Å². The van der Waals surface area contributed by atoms with Gasteiger partial charge in [-0.2, -0.15) is 5.26 Å². The highest BCUT2D eigenvalue weighted by molar-refractivity contribution is 5.90. The minimum absolute atomic E-state index is 0.0277. The summed E-state index contributed by atoms with van der Waals surface area (Å²) in [5.41, 5.74) is 3.16. The Hall–Kier alpha value is -2.80. The van der Waals surface area contributed by atoms with Crippen molar-refractivity contribution in [3.8, 4) is 6.07 Å². The van der Waals surface area contributed by atoms with E-state index in [1.165, 1.54) is 0 Å². The largest absolute Gasteiger partial charge is 0.355 e. The van der Waals surface area contributed by atoms with Crippen molar-refractivity contribution < 1.29 is 4.79 Å². The van der Waals surface area contributed by atoms with Crippen LogP contribution in [-0.2, 0) is 4.79 Å². The highest BCUT2D eigenvalue weighted by atomic mass is 16.1. The van der Waals surface area contributed by atoms with E-state index in [1.807, 2.05) is 43.3 Å². The molecule has 0 bridgehead atoms. The van der Waals surface area contributed by atoms with Crippen LogP contribution in [0.2, 0.25) is 0 Å². The summed E-state index contributed by atoms with van der Waals surface area (Å²) in [6, 6.07) is 16.9. The number of rotatable bonds is 5. The van der Waals surface area contributed by atoms with E-state index < -0.39 is 0 Å². The van der Waals surface area contributed by atoms with Crippen LogP contribution in [0.3, 0.4) is 0 Å². The average molecular weight is 279 g/mol.